The van der Waals surface area contributed by atoms with Gasteiger partial charge in [-0.15, -0.1) is 0 Å². The minimum absolute atomic E-state index is 0.779. The first-order chi connectivity index (χ1) is 6.25. The van der Waals surface area contributed by atoms with Gasteiger partial charge in [-0.05, 0) is 22.0 Å². The molecule has 0 fully saturated rings. The van der Waals surface area contributed by atoms with Gasteiger partial charge in [0.1, 0.15) is 10.9 Å². The molecule has 0 radical (unpaired) electrons. The van der Waals surface area contributed by atoms with Crippen LogP contribution < -0.4 is 0 Å². The van der Waals surface area contributed by atoms with Crippen LogP contribution >= 0.6 is 15.9 Å². The van der Waals surface area contributed by atoms with Gasteiger partial charge in [-0.25, -0.2) is 9.97 Å². The molecule has 0 spiro atoms. The molecule has 4 nitrogen and oxygen atoms in total. The highest BCUT2D eigenvalue weighted by Crippen LogP contribution is 2.17. The smallest absolute Gasteiger partial charge is 0.117 e. The number of aromatic nitrogens is 4. The van der Waals surface area contributed by atoms with Crippen LogP contribution in [0, 0.1) is 0 Å². The summed E-state index contributed by atoms with van der Waals surface area (Å²) < 4.78 is 2.52. The maximum absolute atomic E-state index is 4.13. The molecule has 0 amide bonds. The fourth-order valence-electron chi connectivity index (χ4n) is 1.04. The van der Waals surface area contributed by atoms with Gasteiger partial charge in [0.15, 0.2) is 0 Å². The summed E-state index contributed by atoms with van der Waals surface area (Å²) in [7, 11) is 1.87. The van der Waals surface area contributed by atoms with Gasteiger partial charge >= 0.3 is 0 Å². The molecule has 0 N–H and O–H groups in total. The van der Waals surface area contributed by atoms with Crippen molar-refractivity contribution in [2.45, 2.75) is 0 Å². The predicted molar refractivity (Wildman–Crippen MR) is 51.9 cm³/mol. The van der Waals surface area contributed by atoms with Gasteiger partial charge in [0.05, 0.1) is 11.9 Å². The highest BCUT2D eigenvalue weighted by atomic mass is 79.9. The summed E-state index contributed by atoms with van der Waals surface area (Å²) in [5.74, 6) is 0. The SMILES string of the molecule is Cn1cc(-c2cc(Br)ncn2)cn1. The van der Waals surface area contributed by atoms with E-state index in [1.807, 2.05) is 19.3 Å². The number of aryl methyl sites for hydroxylation is 1. The highest BCUT2D eigenvalue weighted by Gasteiger charge is 2.01. The normalized spacial score (nSPS) is 10.3. The van der Waals surface area contributed by atoms with E-state index in [0.717, 1.165) is 15.9 Å². The quantitative estimate of drug-likeness (QED) is 0.710. The topological polar surface area (TPSA) is 43.6 Å². The Morgan fingerprint density at radius 2 is 2.23 bits per heavy atom. The van der Waals surface area contributed by atoms with Crippen molar-refractivity contribution in [2.24, 2.45) is 7.05 Å². The molecule has 2 aromatic rings. The maximum atomic E-state index is 4.13. The molecule has 0 aliphatic carbocycles. The Morgan fingerprint density at radius 3 is 2.85 bits per heavy atom. The van der Waals surface area contributed by atoms with Gasteiger partial charge in [0.2, 0.25) is 0 Å². The van der Waals surface area contributed by atoms with Crippen LogP contribution in [0.2, 0.25) is 0 Å². The molecule has 2 heterocycles. The third kappa shape index (κ3) is 1.75. The third-order valence-corrected chi connectivity index (χ3v) is 2.07. The zero-order valence-electron chi connectivity index (χ0n) is 6.98. The summed E-state index contributed by atoms with van der Waals surface area (Å²) in [4.78, 5) is 8.08. The van der Waals surface area contributed by atoms with Crippen LogP contribution in [0.5, 0.6) is 0 Å². The molecule has 0 saturated heterocycles. The van der Waals surface area contributed by atoms with E-state index in [0.29, 0.717) is 0 Å². The zero-order valence-corrected chi connectivity index (χ0v) is 8.56. The van der Waals surface area contributed by atoms with Gasteiger partial charge in [0.25, 0.3) is 0 Å². The average Bonchev–Trinajstić information content (AvgIpc) is 2.52. The first-order valence-corrected chi connectivity index (χ1v) is 4.51. The maximum Gasteiger partial charge on any atom is 0.117 e. The second-order valence-electron chi connectivity index (χ2n) is 2.63. The lowest BCUT2D eigenvalue weighted by atomic mass is 10.2. The molecule has 13 heavy (non-hydrogen) atoms. The van der Waals surface area contributed by atoms with Crippen molar-refractivity contribution < 1.29 is 0 Å². The Balaban J connectivity index is 2.46. The molecule has 0 aromatic carbocycles. The van der Waals surface area contributed by atoms with Crippen LogP contribution in [0.25, 0.3) is 11.3 Å². The summed E-state index contributed by atoms with van der Waals surface area (Å²) in [6, 6.07) is 1.86. The molecule has 5 heteroatoms. The van der Waals surface area contributed by atoms with E-state index in [1.54, 1.807) is 10.9 Å². The van der Waals surface area contributed by atoms with Crippen molar-refractivity contribution in [3.8, 4) is 11.3 Å². The average molecular weight is 239 g/mol. The van der Waals surface area contributed by atoms with Crippen LogP contribution in [0.3, 0.4) is 0 Å². The molecule has 0 unspecified atom stereocenters. The van der Waals surface area contributed by atoms with Crippen LogP contribution in [0.1, 0.15) is 0 Å². The zero-order chi connectivity index (χ0) is 9.26. The standard InChI is InChI=1S/C8H7BrN4/c1-13-4-6(3-12-13)7-2-8(9)11-5-10-7/h2-5H,1H3. The van der Waals surface area contributed by atoms with Crippen LogP contribution in [0.4, 0.5) is 0 Å². The number of rotatable bonds is 1. The van der Waals surface area contributed by atoms with Crippen molar-refractivity contribution in [2.75, 3.05) is 0 Å². The lowest BCUT2D eigenvalue weighted by Crippen LogP contribution is -1.85. The van der Waals surface area contributed by atoms with Gasteiger partial charge in [-0.3, -0.25) is 4.68 Å². The molecule has 0 saturated carbocycles. The van der Waals surface area contributed by atoms with Crippen molar-refractivity contribution in [1.82, 2.24) is 19.7 Å². The van der Waals surface area contributed by atoms with E-state index in [9.17, 15) is 0 Å². The lowest BCUT2D eigenvalue weighted by molar-refractivity contribution is 0.768. The van der Waals surface area contributed by atoms with Crippen LogP contribution in [0.15, 0.2) is 29.4 Å². The molecule has 0 aliphatic heterocycles. The number of hydrogen-bond donors (Lipinski definition) is 0. The van der Waals surface area contributed by atoms with Crippen LogP contribution in [-0.2, 0) is 7.05 Å². The lowest BCUT2D eigenvalue weighted by Gasteiger charge is -1.94. The fourth-order valence-corrected chi connectivity index (χ4v) is 1.35. The summed E-state index contributed by atoms with van der Waals surface area (Å²) in [5, 5.41) is 4.06. The van der Waals surface area contributed by atoms with Gasteiger partial charge in [-0.1, -0.05) is 0 Å². The fraction of sp³-hybridized carbons (Fsp3) is 0.125. The van der Waals surface area contributed by atoms with E-state index in [1.165, 1.54) is 6.33 Å². The molecular formula is C8H7BrN4. The molecule has 66 valence electrons. The van der Waals surface area contributed by atoms with E-state index in [-0.39, 0.29) is 0 Å². The second-order valence-corrected chi connectivity index (χ2v) is 3.44. The van der Waals surface area contributed by atoms with Crippen molar-refractivity contribution >= 4 is 15.9 Å². The van der Waals surface area contributed by atoms with E-state index in [2.05, 4.69) is 31.0 Å². The summed E-state index contributed by atoms with van der Waals surface area (Å²) in [6.07, 6.45) is 5.20. The minimum Gasteiger partial charge on any atom is -0.275 e. The second kappa shape index (κ2) is 3.26. The van der Waals surface area contributed by atoms with E-state index in [4.69, 9.17) is 0 Å². The van der Waals surface area contributed by atoms with Gasteiger partial charge in [-0.2, -0.15) is 5.10 Å². The molecule has 2 aromatic heterocycles. The molecule has 0 bridgehead atoms. The Labute approximate surface area is 83.8 Å². The first-order valence-electron chi connectivity index (χ1n) is 3.72. The molecule has 0 aliphatic rings. The summed E-state index contributed by atoms with van der Waals surface area (Å²) in [6.45, 7) is 0. The van der Waals surface area contributed by atoms with Crippen LogP contribution in [-0.4, -0.2) is 19.7 Å². The molecular weight excluding hydrogens is 232 g/mol. The van der Waals surface area contributed by atoms with Crippen molar-refractivity contribution in [3.63, 3.8) is 0 Å². The van der Waals surface area contributed by atoms with Gasteiger partial charge < -0.3 is 0 Å². The summed E-state index contributed by atoms with van der Waals surface area (Å²) >= 11 is 3.29. The Bertz CT molecular complexity index is 424. The third-order valence-electron chi connectivity index (χ3n) is 1.63. The molecule has 2 rings (SSSR count). The minimum atomic E-state index is 0.779. The largest absolute Gasteiger partial charge is 0.275 e. The molecule has 0 atom stereocenters. The first kappa shape index (κ1) is 8.37. The monoisotopic (exact) mass is 238 g/mol. The predicted octanol–water partition coefficient (Wildman–Crippen LogP) is 1.64. The Hall–Kier alpha value is -1.23. The Kier molecular flexibility index (Phi) is 2.10. The van der Waals surface area contributed by atoms with Crippen molar-refractivity contribution in [3.05, 3.63) is 29.4 Å². The number of nitrogens with zero attached hydrogens (tertiary/aromatic N) is 4. The van der Waals surface area contributed by atoms with E-state index < -0.39 is 0 Å². The number of halogens is 1. The summed E-state index contributed by atoms with van der Waals surface area (Å²) in [5.41, 5.74) is 1.86. The van der Waals surface area contributed by atoms with Gasteiger partial charge in [0, 0.05) is 18.8 Å². The Morgan fingerprint density at radius 1 is 1.38 bits per heavy atom. The van der Waals surface area contributed by atoms with E-state index >= 15 is 0 Å². The highest BCUT2D eigenvalue weighted by molar-refractivity contribution is 9.10. The van der Waals surface area contributed by atoms with Crippen molar-refractivity contribution in [1.29, 1.82) is 0 Å². The number of hydrogen-bond acceptors (Lipinski definition) is 3.